The van der Waals surface area contributed by atoms with Crippen molar-refractivity contribution in [3.63, 3.8) is 0 Å². The Balaban J connectivity index is 1.52. The van der Waals surface area contributed by atoms with Crippen molar-refractivity contribution in [1.29, 1.82) is 0 Å². The Bertz CT molecular complexity index is 1920. The van der Waals surface area contributed by atoms with E-state index in [1.807, 2.05) is 98.8 Å². The molecule has 42 heavy (non-hydrogen) atoms. The zero-order valence-corrected chi connectivity index (χ0v) is 23.2. The topological polar surface area (TPSA) is 78.4 Å². The molecule has 1 aliphatic heterocycles. The van der Waals surface area contributed by atoms with Gasteiger partial charge in [0.05, 0.1) is 22.5 Å². The van der Waals surface area contributed by atoms with Crippen molar-refractivity contribution >= 4 is 33.5 Å². The maximum atomic E-state index is 13.9. The first kappa shape index (κ1) is 25.6. The van der Waals surface area contributed by atoms with Crippen molar-refractivity contribution in [3.05, 3.63) is 131 Å². The van der Waals surface area contributed by atoms with Gasteiger partial charge in [-0.25, -0.2) is 9.59 Å². The van der Waals surface area contributed by atoms with Crippen LogP contribution in [0.15, 0.2) is 97.1 Å². The second-order valence-electron chi connectivity index (χ2n) is 10.5. The van der Waals surface area contributed by atoms with Crippen LogP contribution in [-0.4, -0.2) is 21.9 Å². The lowest BCUT2D eigenvalue weighted by Crippen LogP contribution is -2.13. The third kappa shape index (κ3) is 4.38. The lowest BCUT2D eigenvalue weighted by atomic mass is 9.87. The Hall–Kier alpha value is -5.36. The highest BCUT2D eigenvalue weighted by molar-refractivity contribution is 6.17. The fraction of sp³-hybridized carbons (Fsp3) is 0.111. The normalized spacial score (nSPS) is 13.3. The van der Waals surface area contributed by atoms with Gasteiger partial charge in [-0.1, -0.05) is 72.8 Å². The number of carbonyl (C=O) groups excluding carboxylic acids is 2. The first-order valence-electron chi connectivity index (χ1n) is 13.8. The number of aromatic nitrogens is 2. The number of benzene rings is 4. The Labute approximate surface area is 242 Å². The van der Waals surface area contributed by atoms with E-state index in [-0.39, 0.29) is 13.2 Å². The van der Waals surface area contributed by atoms with Crippen LogP contribution in [0, 0.1) is 13.8 Å². The van der Waals surface area contributed by atoms with Crippen molar-refractivity contribution in [2.45, 2.75) is 27.1 Å². The summed E-state index contributed by atoms with van der Waals surface area (Å²) in [5.41, 5.74) is 6.22. The molecule has 4 aromatic carbocycles. The number of hydrogen-bond acceptors (Lipinski definition) is 6. The quantitative estimate of drug-likeness (QED) is 0.180. The predicted octanol–water partition coefficient (Wildman–Crippen LogP) is 7.76. The molecule has 6 heteroatoms. The zero-order valence-electron chi connectivity index (χ0n) is 23.2. The van der Waals surface area contributed by atoms with E-state index in [9.17, 15) is 9.59 Å². The summed E-state index contributed by atoms with van der Waals surface area (Å²) in [5.74, 6) is -0.993. The molecule has 0 radical (unpaired) electrons. The molecule has 1 aliphatic rings. The van der Waals surface area contributed by atoms with Gasteiger partial charge in [-0.3, -0.25) is 9.97 Å². The van der Waals surface area contributed by atoms with E-state index in [0.717, 1.165) is 32.9 Å². The summed E-state index contributed by atoms with van der Waals surface area (Å²) in [6.07, 6.45) is 0. The van der Waals surface area contributed by atoms with Crippen LogP contribution in [0.1, 0.15) is 43.2 Å². The number of cyclic esters (lactones) is 2. The standard InChI is InChI=1S/C36H26N2O4/c1-21-11-13-25-19-41-35(39)29-17-15-23-7-3-5-9-27(23)31(29)32-28-10-6-4-8-24(28)16-18-30(32)36(40)42-20-26-14-12-22(2)38-34(26)33(25)37-21/h3-18H,19-20H2,1-2H3. The monoisotopic (exact) mass is 550 g/mol. The fourth-order valence-corrected chi connectivity index (χ4v) is 5.68. The van der Waals surface area contributed by atoms with Crippen LogP contribution in [0.4, 0.5) is 0 Å². The number of rotatable bonds is 0. The largest absolute Gasteiger partial charge is 0.457 e. The van der Waals surface area contributed by atoms with E-state index in [2.05, 4.69) is 0 Å². The minimum Gasteiger partial charge on any atom is -0.457 e. The third-order valence-corrected chi connectivity index (χ3v) is 7.73. The van der Waals surface area contributed by atoms with Gasteiger partial charge in [0.1, 0.15) is 13.2 Å². The Morgan fingerprint density at radius 2 is 0.952 bits per heavy atom. The molecule has 6 aromatic rings. The van der Waals surface area contributed by atoms with Gasteiger partial charge in [0.2, 0.25) is 0 Å². The maximum Gasteiger partial charge on any atom is 0.339 e. The van der Waals surface area contributed by atoms with Crippen molar-refractivity contribution < 1.29 is 19.1 Å². The van der Waals surface area contributed by atoms with Gasteiger partial charge in [-0.15, -0.1) is 0 Å². The van der Waals surface area contributed by atoms with Gasteiger partial charge in [-0.2, -0.15) is 0 Å². The van der Waals surface area contributed by atoms with Crippen LogP contribution in [0.5, 0.6) is 0 Å². The SMILES string of the molecule is Cc1ccc2c(n1)-c1nc(C)ccc1COC(=O)c1ccc3ccccc3c1-c1c(ccc3ccccc13)C(=O)OC2. The molecule has 2 aromatic heterocycles. The first-order chi connectivity index (χ1) is 20.5. The van der Waals surface area contributed by atoms with Crippen LogP contribution in [0.2, 0.25) is 0 Å². The summed E-state index contributed by atoms with van der Waals surface area (Å²) in [7, 11) is 0. The molecule has 0 unspecified atom stereocenters. The van der Waals surface area contributed by atoms with Gasteiger partial charge >= 0.3 is 11.9 Å². The van der Waals surface area contributed by atoms with Crippen molar-refractivity contribution in [2.24, 2.45) is 0 Å². The first-order valence-corrected chi connectivity index (χ1v) is 13.8. The van der Waals surface area contributed by atoms with Crippen LogP contribution in [-0.2, 0) is 22.7 Å². The van der Waals surface area contributed by atoms with E-state index in [0.29, 0.717) is 44.8 Å². The number of carbonyl (C=O) groups is 2. The lowest BCUT2D eigenvalue weighted by Gasteiger charge is -2.20. The van der Waals surface area contributed by atoms with E-state index in [1.165, 1.54) is 0 Å². The smallest absolute Gasteiger partial charge is 0.339 e. The molecule has 0 saturated carbocycles. The summed E-state index contributed by atoms with van der Waals surface area (Å²) >= 11 is 0. The van der Waals surface area contributed by atoms with E-state index < -0.39 is 11.9 Å². The Morgan fingerprint density at radius 3 is 1.40 bits per heavy atom. The number of hydrogen-bond donors (Lipinski definition) is 0. The molecule has 0 atom stereocenters. The highest BCUT2D eigenvalue weighted by atomic mass is 16.5. The van der Waals surface area contributed by atoms with E-state index in [4.69, 9.17) is 19.4 Å². The van der Waals surface area contributed by atoms with Crippen LogP contribution in [0.25, 0.3) is 44.1 Å². The van der Waals surface area contributed by atoms with Gasteiger partial charge in [0.15, 0.2) is 0 Å². The van der Waals surface area contributed by atoms with Crippen molar-refractivity contribution in [2.75, 3.05) is 0 Å². The summed E-state index contributed by atoms with van der Waals surface area (Å²) in [5, 5.41) is 3.56. The highest BCUT2D eigenvalue weighted by Crippen LogP contribution is 2.40. The molecule has 3 heterocycles. The molecule has 0 saturated heterocycles. The van der Waals surface area contributed by atoms with Gasteiger partial charge in [0, 0.05) is 33.6 Å². The van der Waals surface area contributed by atoms with Crippen molar-refractivity contribution in [1.82, 2.24) is 9.97 Å². The summed E-state index contributed by atoms with van der Waals surface area (Å²) in [6, 6.07) is 30.6. The molecule has 0 aliphatic carbocycles. The number of aryl methyl sites for hydroxylation is 2. The molecule has 7 rings (SSSR count). The average Bonchev–Trinajstić information content (AvgIpc) is 3.01. The number of pyridine rings is 2. The van der Waals surface area contributed by atoms with Gasteiger partial charge < -0.3 is 9.47 Å². The molecule has 204 valence electrons. The zero-order chi connectivity index (χ0) is 28.8. The molecule has 0 bridgehead atoms. The molecule has 6 nitrogen and oxygen atoms in total. The van der Waals surface area contributed by atoms with Crippen LogP contribution >= 0.6 is 0 Å². The highest BCUT2D eigenvalue weighted by Gasteiger charge is 2.26. The number of esters is 2. The van der Waals surface area contributed by atoms with Gasteiger partial charge in [-0.05, 0) is 59.7 Å². The molecule has 0 amide bonds. The average molecular weight is 551 g/mol. The number of fused-ring (bicyclic) bond motifs is 10. The Morgan fingerprint density at radius 1 is 0.524 bits per heavy atom. The van der Waals surface area contributed by atoms with Crippen LogP contribution in [0.3, 0.4) is 0 Å². The molecule has 0 N–H and O–H groups in total. The summed E-state index contributed by atoms with van der Waals surface area (Å²) in [6.45, 7) is 3.81. The fourth-order valence-electron chi connectivity index (χ4n) is 5.68. The maximum absolute atomic E-state index is 13.9. The van der Waals surface area contributed by atoms with Crippen LogP contribution < -0.4 is 0 Å². The van der Waals surface area contributed by atoms with Crippen molar-refractivity contribution in [3.8, 4) is 22.5 Å². The molecular formula is C36H26N2O4. The minimum absolute atomic E-state index is 0.00492. The second kappa shape index (κ2) is 10.2. The van der Waals surface area contributed by atoms with E-state index in [1.54, 1.807) is 12.1 Å². The number of ether oxygens (including phenoxy) is 2. The molecule has 0 fully saturated rings. The summed E-state index contributed by atoms with van der Waals surface area (Å²) < 4.78 is 12.0. The third-order valence-electron chi connectivity index (χ3n) is 7.73. The second-order valence-corrected chi connectivity index (χ2v) is 10.5. The minimum atomic E-state index is -0.496. The van der Waals surface area contributed by atoms with Gasteiger partial charge in [0.25, 0.3) is 0 Å². The predicted molar refractivity (Wildman–Crippen MR) is 162 cm³/mol. The Kier molecular flexibility index (Phi) is 6.24. The molecule has 0 spiro atoms. The summed E-state index contributed by atoms with van der Waals surface area (Å²) in [4.78, 5) is 37.4. The lowest BCUT2D eigenvalue weighted by molar-refractivity contribution is 0.0460. The number of nitrogens with zero attached hydrogens (tertiary/aromatic N) is 2. The van der Waals surface area contributed by atoms with E-state index >= 15 is 0 Å². The molecular weight excluding hydrogens is 524 g/mol.